The molecule has 1 aliphatic heterocycles. The Kier molecular flexibility index (Phi) is 4.92. The fraction of sp³-hybridized carbons (Fsp3) is 0.227. The Labute approximate surface area is 158 Å². The summed E-state index contributed by atoms with van der Waals surface area (Å²) in [7, 11) is 0. The highest BCUT2D eigenvalue weighted by Gasteiger charge is 2.29. The number of piperazine rings is 1. The lowest BCUT2D eigenvalue weighted by atomic mass is 10.0. The molecule has 2 aromatic carbocycles. The molecular formula is C22H22FN3O. The zero-order chi connectivity index (χ0) is 18.6. The second-order valence-corrected chi connectivity index (χ2v) is 6.71. The highest BCUT2D eigenvalue weighted by molar-refractivity contribution is 5.84. The van der Waals surface area contributed by atoms with Crippen LogP contribution in [0, 0.1) is 5.82 Å². The second-order valence-electron chi connectivity index (χ2n) is 6.71. The van der Waals surface area contributed by atoms with Gasteiger partial charge < -0.3 is 14.4 Å². The minimum Gasteiger partial charge on any atom is -0.366 e. The molecule has 4 rings (SSSR count). The molecule has 0 spiro atoms. The number of benzene rings is 2. The quantitative estimate of drug-likeness (QED) is 0.709. The van der Waals surface area contributed by atoms with Crippen molar-refractivity contribution in [3.8, 4) is 0 Å². The zero-order valence-corrected chi connectivity index (χ0v) is 15.0. The zero-order valence-electron chi connectivity index (χ0n) is 15.0. The third-order valence-electron chi connectivity index (χ3n) is 5.06. The first-order chi connectivity index (χ1) is 13.2. The summed E-state index contributed by atoms with van der Waals surface area (Å²) in [5.74, 6) is -0.141. The summed E-state index contributed by atoms with van der Waals surface area (Å²) in [6.45, 7) is 2.41. The third-order valence-corrected chi connectivity index (χ3v) is 5.06. The summed E-state index contributed by atoms with van der Waals surface area (Å²) >= 11 is 0. The van der Waals surface area contributed by atoms with Crippen molar-refractivity contribution in [2.24, 2.45) is 0 Å². The average Bonchev–Trinajstić information content (AvgIpc) is 3.24. The van der Waals surface area contributed by atoms with Crippen molar-refractivity contribution >= 4 is 11.6 Å². The summed E-state index contributed by atoms with van der Waals surface area (Å²) in [5.41, 5.74) is 1.57. The number of rotatable bonds is 4. The summed E-state index contributed by atoms with van der Waals surface area (Å²) in [5, 5.41) is 0. The van der Waals surface area contributed by atoms with Crippen LogP contribution in [0.3, 0.4) is 0 Å². The smallest absolute Gasteiger partial charge is 0.250 e. The maximum absolute atomic E-state index is 14.0. The first-order valence-electron chi connectivity index (χ1n) is 9.20. The van der Waals surface area contributed by atoms with E-state index in [2.05, 4.69) is 0 Å². The predicted molar refractivity (Wildman–Crippen MR) is 104 cm³/mol. The van der Waals surface area contributed by atoms with Crippen LogP contribution in [0.15, 0.2) is 79.1 Å². The van der Waals surface area contributed by atoms with Crippen molar-refractivity contribution < 1.29 is 9.18 Å². The van der Waals surface area contributed by atoms with E-state index in [0.29, 0.717) is 31.9 Å². The molecule has 1 amide bonds. The van der Waals surface area contributed by atoms with E-state index in [0.717, 1.165) is 5.56 Å². The molecule has 4 nitrogen and oxygen atoms in total. The van der Waals surface area contributed by atoms with Gasteiger partial charge in [-0.15, -0.1) is 0 Å². The molecule has 1 aliphatic rings. The lowest BCUT2D eigenvalue weighted by Gasteiger charge is -2.38. The normalized spacial score (nSPS) is 15.6. The molecule has 2 heterocycles. The maximum Gasteiger partial charge on any atom is 0.250 e. The highest BCUT2D eigenvalue weighted by atomic mass is 19.1. The molecule has 0 saturated carbocycles. The number of para-hydroxylation sites is 1. The Morgan fingerprint density at radius 1 is 0.815 bits per heavy atom. The van der Waals surface area contributed by atoms with Crippen molar-refractivity contribution in [2.45, 2.75) is 6.04 Å². The predicted octanol–water partition coefficient (Wildman–Crippen LogP) is 3.57. The van der Waals surface area contributed by atoms with Gasteiger partial charge in [-0.2, -0.15) is 0 Å². The van der Waals surface area contributed by atoms with Gasteiger partial charge in [-0.1, -0.05) is 42.5 Å². The molecule has 1 atom stereocenters. The first kappa shape index (κ1) is 17.3. The Morgan fingerprint density at radius 2 is 1.44 bits per heavy atom. The number of aromatic nitrogens is 1. The number of anilines is 1. The van der Waals surface area contributed by atoms with E-state index in [1.165, 1.54) is 6.07 Å². The van der Waals surface area contributed by atoms with Gasteiger partial charge in [-0.3, -0.25) is 4.79 Å². The molecular weight excluding hydrogens is 341 g/mol. The minimum absolute atomic E-state index is 0.0746. The molecule has 5 heteroatoms. The van der Waals surface area contributed by atoms with Gasteiger partial charge in [0, 0.05) is 38.6 Å². The largest absolute Gasteiger partial charge is 0.366 e. The van der Waals surface area contributed by atoms with Crippen LogP contribution in [-0.2, 0) is 4.79 Å². The molecule has 138 valence electrons. The molecule has 0 N–H and O–H groups in total. The fourth-order valence-electron chi connectivity index (χ4n) is 3.65. The number of halogens is 1. The molecule has 1 saturated heterocycles. The average molecular weight is 363 g/mol. The third kappa shape index (κ3) is 3.58. The molecule has 0 radical (unpaired) electrons. The van der Waals surface area contributed by atoms with Crippen LogP contribution in [0.1, 0.15) is 11.6 Å². The number of carbonyl (C=O) groups is 1. The lowest BCUT2D eigenvalue weighted by Crippen LogP contribution is -2.51. The molecule has 0 unspecified atom stereocenters. The van der Waals surface area contributed by atoms with Gasteiger partial charge in [-0.05, 0) is 29.8 Å². The SMILES string of the molecule is O=C([C@@H](c1ccccc1)n1cccc1)N1CCN(c2ccccc2F)CC1. The highest BCUT2D eigenvalue weighted by Crippen LogP contribution is 2.24. The second kappa shape index (κ2) is 7.66. The number of nitrogens with zero attached hydrogens (tertiary/aromatic N) is 3. The van der Waals surface area contributed by atoms with E-state index in [9.17, 15) is 9.18 Å². The lowest BCUT2D eigenvalue weighted by molar-refractivity contribution is -0.133. The number of hydrogen-bond donors (Lipinski definition) is 0. The molecule has 0 aliphatic carbocycles. The summed E-state index contributed by atoms with van der Waals surface area (Å²) in [6, 6.07) is 20.1. The standard InChI is InChI=1S/C22H22FN3O/c23-19-10-4-5-11-20(19)24-14-16-26(17-15-24)22(27)21(25-12-6-7-13-25)18-8-2-1-3-9-18/h1-13,21H,14-17H2/t21-/m1/s1. The summed E-state index contributed by atoms with van der Waals surface area (Å²) < 4.78 is 16.0. The van der Waals surface area contributed by atoms with Crippen LogP contribution < -0.4 is 4.90 Å². The summed E-state index contributed by atoms with van der Waals surface area (Å²) in [6.07, 6.45) is 3.84. The van der Waals surface area contributed by atoms with Gasteiger partial charge in [0.05, 0.1) is 5.69 Å². The topological polar surface area (TPSA) is 28.5 Å². The number of carbonyl (C=O) groups excluding carboxylic acids is 1. The maximum atomic E-state index is 14.0. The van der Waals surface area contributed by atoms with E-state index in [1.807, 2.05) is 75.3 Å². The molecule has 3 aromatic rings. The van der Waals surface area contributed by atoms with Crippen LogP contribution in [0.4, 0.5) is 10.1 Å². The van der Waals surface area contributed by atoms with Crippen LogP contribution in [0.25, 0.3) is 0 Å². The minimum atomic E-state index is -0.374. The van der Waals surface area contributed by atoms with Gasteiger partial charge in [0.2, 0.25) is 5.91 Å². The van der Waals surface area contributed by atoms with E-state index in [-0.39, 0.29) is 17.8 Å². The Balaban J connectivity index is 1.51. The van der Waals surface area contributed by atoms with E-state index in [1.54, 1.807) is 12.1 Å². The van der Waals surface area contributed by atoms with Gasteiger partial charge in [0.1, 0.15) is 11.9 Å². The van der Waals surface area contributed by atoms with Gasteiger partial charge >= 0.3 is 0 Å². The van der Waals surface area contributed by atoms with Crippen molar-refractivity contribution in [1.29, 1.82) is 0 Å². The van der Waals surface area contributed by atoms with Crippen molar-refractivity contribution in [1.82, 2.24) is 9.47 Å². The number of hydrogen-bond acceptors (Lipinski definition) is 2. The monoisotopic (exact) mass is 363 g/mol. The Bertz CT molecular complexity index is 887. The van der Waals surface area contributed by atoms with E-state index < -0.39 is 0 Å². The van der Waals surface area contributed by atoms with E-state index >= 15 is 0 Å². The first-order valence-corrected chi connectivity index (χ1v) is 9.20. The van der Waals surface area contributed by atoms with Crippen LogP contribution in [0.5, 0.6) is 0 Å². The van der Waals surface area contributed by atoms with Crippen molar-refractivity contribution in [3.63, 3.8) is 0 Å². The summed E-state index contributed by atoms with van der Waals surface area (Å²) in [4.78, 5) is 17.2. The Hall–Kier alpha value is -3.08. The molecule has 1 fully saturated rings. The van der Waals surface area contributed by atoms with Crippen LogP contribution in [-0.4, -0.2) is 41.6 Å². The van der Waals surface area contributed by atoms with Crippen molar-refractivity contribution in [2.75, 3.05) is 31.1 Å². The van der Waals surface area contributed by atoms with Gasteiger partial charge in [0.15, 0.2) is 0 Å². The molecule has 27 heavy (non-hydrogen) atoms. The van der Waals surface area contributed by atoms with Crippen LogP contribution in [0.2, 0.25) is 0 Å². The van der Waals surface area contributed by atoms with Gasteiger partial charge in [0.25, 0.3) is 0 Å². The van der Waals surface area contributed by atoms with Crippen molar-refractivity contribution in [3.05, 3.63) is 90.5 Å². The van der Waals surface area contributed by atoms with E-state index in [4.69, 9.17) is 0 Å². The molecule has 1 aromatic heterocycles. The number of amides is 1. The van der Waals surface area contributed by atoms with Gasteiger partial charge in [-0.25, -0.2) is 4.39 Å². The molecule has 0 bridgehead atoms. The Morgan fingerprint density at radius 3 is 2.11 bits per heavy atom. The van der Waals surface area contributed by atoms with Crippen LogP contribution >= 0.6 is 0 Å². The fourth-order valence-corrected chi connectivity index (χ4v) is 3.65.